The van der Waals surface area contributed by atoms with Crippen LogP contribution in [0.3, 0.4) is 0 Å². The zero-order valence-electron chi connectivity index (χ0n) is 14.8. The smallest absolute Gasteiger partial charge is 0.339 e. The number of aromatic carboxylic acids is 1. The number of carboxylic acids is 1. The molecule has 6 nitrogen and oxygen atoms in total. The van der Waals surface area contributed by atoms with Gasteiger partial charge in [-0.1, -0.05) is 25.1 Å². The predicted octanol–water partition coefficient (Wildman–Crippen LogP) is 3.47. The van der Waals surface area contributed by atoms with Crippen molar-refractivity contribution in [3.8, 4) is 0 Å². The lowest BCUT2D eigenvalue weighted by Gasteiger charge is -2.07. The van der Waals surface area contributed by atoms with Gasteiger partial charge in [0, 0.05) is 23.4 Å². The highest BCUT2D eigenvalue weighted by Gasteiger charge is 2.21. The van der Waals surface area contributed by atoms with Crippen LogP contribution in [-0.2, 0) is 11.2 Å². The Hall–Kier alpha value is -2.67. The SMILES string of the molecule is CCc1c(C)sc(NC(=O)CCCNC(=O)c2ccccc2)c1C(=O)O. The third-order valence-corrected chi connectivity index (χ3v) is 4.99. The number of carboxylic acid groups (broad SMARTS) is 1. The minimum Gasteiger partial charge on any atom is -0.478 e. The molecule has 0 bridgehead atoms. The van der Waals surface area contributed by atoms with Crippen LogP contribution in [0.25, 0.3) is 0 Å². The molecule has 0 fully saturated rings. The highest BCUT2D eigenvalue weighted by Crippen LogP contribution is 2.33. The van der Waals surface area contributed by atoms with Crippen LogP contribution in [0.5, 0.6) is 0 Å². The number of thiophene rings is 1. The Balaban J connectivity index is 1.84. The van der Waals surface area contributed by atoms with E-state index < -0.39 is 5.97 Å². The molecule has 1 aromatic carbocycles. The van der Waals surface area contributed by atoms with Gasteiger partial charge in [0.25, 0.3) is 5.91 Å². The van der Waals surface area contributed by atoms with E-state index in [1.165, 1.54) is 11.3 Å². The zero-order valence-corrected chi connectivity index (χ0v) is 15.6. The molecule has 2 amide bonds. The maximum absolute atomic E-state index is 12.1. The van der Waals surface area contributed by atoms with Crippen molar-refractivity contribution in [1.29, 1.82) is 0 Å². The monoisotopic (exact) mass is 374 g/mol. The van der Waals surface area contributed by atoms with Gasteiger partial charge in [0.2, 0.25) is 5.91 Å². The van der Waals surface area contributed by atoms with Crippen LogP contribution >= 0.6 is 11.3 Å². The summed E-state index contributed by atoms with van der Waals surface area (Å²) < 4.78 is 0. The van der Waals surface area contributed by atoms with Crippen molar-refractivity contribution in [1.82, 2.24) is 5.32 Å². The number of carbonyl (C=O) groups excluding carboxylic acids is 2. The summed E-state index contributed by atoms with van der Waals surface area (Å²) in [5, 5.41) is 15.2. The third-order valence-electron chi connectivity index (χ3n) is 3.93. The maximum atomic E-state index is 12.1. The number of aryl methyl sites for hydroxylation is 1. The highest BCUT2D eigenvalue weighted by molar-refractivity contribution is 7.16. The van der Waals surface area contributed by atoms with Gasteiger partial charge in [-0.3, -0.25) is 9.59 Å². The summed E-state index contributed by atoms with van der Waals surface area (Å²) in [6.45, 7) is 4.11. The second kappa shape index (κ2) is 9.15. The first-order chi connectivity index (χ1) is 12.4. The standard InChI is InChI=1S/C19H22N2O4S/c1-3-14-12(2)26-18(16(14)19(24)25)21-15(22)10-7-11-20-17(23)13-8-5-4-6-9-13/h4-6,8-9H,3,7,10-11H2,1-2H3,(H,20,23)(H,21,22)(H,24,25). The molecule has 0 unspecified atom stereocenters. The number of rotatable bonds is 8. The fourth-order valence-corrected chi connectivity index (χ4v) is 3.80. The number of carbonyl (C=O) groups is 3. The lowest BCUT2D eigenvalue weighted by molar-refractivity contribution is -0.116. The Labute approximate surface area is 156 Å². The first kappa shape index (κ1) is 19.7. The van der Waals surface area contributed by atoms with Gasteiger partial charge in [0.1, 0.15) is 5.00 Å². The number of hydrogen-bond donors (Lipinski definition) is 3. The first-order valence-electron chi connectivity index (χ1n) is 8.42. The Morgan fingerprint density at radius 1 is 1.15 bits per heavy atom. The summed E-state index contributed by atoms with van der Waals surface area (Å²) in [6.07, 6.45) is 1.27. The average Bonchev–Trinajstić information content (AvgIpc) is 2.94. The van der Waals surface area contributed by atoms with E-state index in [0.29, 0.717) is 30.0 Å². The van der Waals surface area contributed by atoms with E-state index in [4.69, 9.17) is 0 Å². The van der Waals surface area contributed by atoms with Crippen LogP contribution in [0, 0.1) is 6.92 Å². The Morgan fingerprint density at radius 2 is 1.85 bits per heavy atom. The van der Waals surface area contributed by atoms with E-state index in [-0.39, 0.29) is 23.8 Å². The molecule has 0 radical (unpaired) electrons. The molecule has 26 heavy (non-hydrogen) atoms. The summed E-state index contributed by atoms with van der Waals surface area (Å²) in [5.41, 5.74) is 1.51. The fourth-order valence-electron chi connectivity index (χ4n) is 2.65. The Morgan fingerprint density at radius 3 is 2.46 bits per heavy atom. The normalized spacial score (nSPS) is 10.4. The lowest BCUT2D eigenvalue weighted by atomic mass is 10.1. The topological polar surface area (TPSA) is 95.5 Å². The van der Waals surface area contributed by atoms with Gasteiger partial charge < -0.3 is 15.7 Å². The van der Waals surface area contributed by atoms with Gasteiger partial charge in [0.05, 0.1) is 5.56 Å². The van der Waals surface area contributed by atoms with Crippen LogP contribution in [0.4, 0.5) is 5.00 Å². The third kappa shape index (κ3) is 4.92. The molecule has 1 heterocycles. The van der Waals surface area contributed by atoms with Gasteiger partial charge in [-0.05, 0) is 37.5 Å². The molecule has 0 aliphatic heterocycles. The van der Waals surface area contributed by atoms with Crippen molar-refractivity contribution in [3.63, 3.8) is 0 Å². The molecule has 0 aliphatic carbocycles. The van der Waals surface area contributed by atoms with Crippen LogP contribution in [0.1, 0.15) is 50.9 Å². The molecular formula is C19H22N2O4S. The van der Waals surface area contributed by atoms with Crippen molar-refractivity contribution in [2.45, 2.75) is 33.1 Å². The van der Waals surface area contributed by atoms with Gasteiger partial charge in [-0.2, -0.15) is 0 Å². The van der Waals surface area contributed by atoms with Gasteiger partial charge in [-0.25, -0.2) is 4.79 Å². The van der Waals surface area contributed by atoms with E-state index in [1.807, 2.05) is 19.9 Å². The first-order valence-corrected chi connectivity index (χ1v) is 9.24. The van der Waals surface area contributed by atoms with Gasteiger partial charge >= 0.3 is 5.97 Å². The van der Waals surface area contributed by atoms with Gasteiger partial charge in [0.15, 0.2) is 0 Å². The van der Waals surface area contributed by atoms with Crippen molar-refractivity contribution in [2.24, 2.45) is 0 Å². The van der Waals surface area contributed by atoms with E-state index >= 15 is 0 Å². The van der Waals surface area contributed by atoms with E-state index in [0.717, 1.165) is 10.4 Å². The van der Waals surface area contributed by atoms with E-state index in [2.05, 4.69) is 10.6 Å². The minimum absolute atomic E-state index is 0.180. The summed E-state index contributed by atoms with van der Waals surface area (Å²) in [4.78, 5) is 36.4. The molecular weight excluding hydrogens is 352 g/mol. The number of nitrogens with one attached hydrogen (secondary N) is 2. The largest absolute Gasteiger partial charge is 0.478 e. The van der Waals surface area contributed by atoms with Crippen molar-refractivity contribution in [3.05, 3.63) is 51.9 Å². The number of benzene rings is 1. The molecule has 0 atom stereocenters. The minimum atomic E-state index is -1.03. The fraction of sp³-hybridized carbons (Fsp3) is 0.316. The summed E-state index contributed by atoms with van der Waals surface area (Å²) in [7, 11) is 0. The van der Waals surface area contributed by atoms with Crippen molar-refractivity contribution >= 4 is 34.1 Å². The number of hydrogen-bond acceptors (Lipinski definition) is 4. The molecule has 0 spiro atoms. The summed E-state index contributed by atoms with van der Waals surface area (Å²) in [5.74, 6) is -1.47. The quantitative estimate of drug-likeness (QED) is 0.617. The maximum Gasteiger partial charge on any atom is 0.339 e. The molecule has 3 N–H and O–H groups in total. The predicted molar refractivity (Wildman–Crippen MR) is 102 cm³/mol. The van der Waals surface area contributed by atoms with Crippen LogP contribution < -0.4 is 10.6 Å². The molecule has 1 aromatic heterocycles. The Bertz CT molecular complexity index is 799. The Kier molecular flexibility index (Phi) is 6.91. The van der Waals surface area contributed by atoms with Crippen LogP contribution in [0.2, 0.25) is 0 Å². The molecule has 0 saturated carbocycles. The molecule has 2 aromatic rings. The molecule has 0 aliphatic rings. The summed E-state index contributed by atoms with van der Waals surface area (Å²) >= 11 is 1.28. The number of anilines is 1. The van der Waals surface area contributed by atoms with Gasteiger partial charge in [-0.15, -0.1) is 11.3 Å². The van der Waals surface area contributed by atoms with E-state index in [9.17, 15) is 19.5 Å². The van der Waals surface area contributed by atoms with Crippen molar-refractivity contribution < 1.29 is 19.5 Å². The van der Waals surface area contributed by atoms with E-state index in [1.54, 1.807) is 24.3 Å². The summed E-state index contributed by atoms with van der Waals surface area (Å²) in [6, 6.07) is 8.86. The zero-order chi connectivity index (χ0) is 19.1. The molecule has 138 valence electrons. The number of amides is 2. The van der Waals surface area contributed by atoms with Crippen molar-refractivity contribution in [2.75, 3.05) is 11.9 Å². The lowest BCUT2D eigenvalue weighted by Crippen LogP contribution is -2.25. The second-order valence-corrected chi connectivity index (χ2v) is 7.00. The molecule has 0 saturated heterocycles. The van der Waals surface area contributed by atoms with Crippen LogP contribution in [0.15, 0.2) is 30.3 Å². The second-order valence-electron chi connectivity index (χ2n) is 5.77. The van der Waals surface area contributed by atoms with Crippen LogP contribution in [-0.4, -0.2) is 29.4 Å². The molecule has 2 rings (SSSR count). The highest BCUT2D eigenvalue weighted by atomic mass is 32.1. The average molecular weight is 374 g/mol. The molecule has 7 heteroatoms.